The van der Waals surface area contributed by atoms with Gasteiger partial charge in [0.1, 0.15) is 0 Å². The molecule has 1 N–H and O–H groups in total. The Morgan fingerprint density at radius 3 is 2.63 bits per heavy atom. The first kappa shape index (κ1) is 21.6. The van der Waals surface area contributed by atoms with E-state index in [1.54, 1.807) is 23.1 Å². The fourth-order valence-corrected chi connectivity index (χ4v) is 3.50. The predicted molar refractivity (Wildman–Crippen MR) is 114 cm³/mol. The van der Waals surface area contributed by atoms with Gasteiger partial charge in [0, 0.05) is 19.5 Å². The third kappa shape index (κ3) is 5.47. The van der Waals surface area contributed by atoms with Crippen molar-refractivity contribution in [3.63, 3.8) is 0 Å². The quantitative estimate of drug-likeness (QED) is 0.712. The molecule has 0 bridgehead atoms. The monoisotopic (exact) mass is 408 g/mol. The van der Waals surface area contributed by atoms with E-state index < -0.39 is 5.97 Å². The molecule has 6 heteroatoms. The molecule has 30 heavy (non-hydrogen) atoms. The lowest BCUT2D eigenvalue weighted by Gasteiger charge is -2.16. The Morgan fingerprint density at radius 1 is 1.13 bits per heavy atom. The number of nitrogens with one attached hydrogen (secondary N) is 1. The maximum Gasteiger partial charge on any atom is 0.338 e. The molecule has 3 rings (SSSR count). The summed E-state index contributed by atoms with van der Waals surface area (Å²) in [6.45, 7) is 6.85. The van der Waals surface area contributed by atoms with E-state index in [0.717, 1.165) is 29.7 Å². The first-order chi connectivity index (χ1) is 14.3. The Hall–Kier alpha value is -3.15. The van der Waals surface area contributed by atoms with Crippen molar-refractivity contribution in [1.29, 1.82) is 0 Å². The van der Waals surface area contributed by atoms with Crippen LogP contribution in [0, 0.1) is 13.8 Å². The fraction of sp³-hybridized carbons (Fsp3) is 0.375. The van der Waals surface area contributed by atoms with Crippen molar-refractivity contribution in [3.05, 3.63) is 70.3 Å². The van der Waals surface area contributed by atoms with Crippen molar-refractivity contribution >= 4 is 17.8 Å². The minimum Gasteiger partial charge on any atom is -0.452 e. The molecule has 0 saturated carbocycles. The van der Waals surface area contributed by atoms with Gasteiger partial charge in [0.05, 0.1) is 11.6 Å². The number of likely N-dealkylation sites (tertiary alicyclic amines) is 1. The van der Waals surface area contributed by atoms with Gasteiger partial charge in [-0.15, -0.1) is 0 Å². The van der Waals surface area contributed by atoms with Gasteiger partial charge in [-0.25, -0.2) is 4.79 Å². The molecule has 1 aliphatic rings. The van der Waals surface area contributed by atoms with Crippen LogP contribution in [0.15, 0.2) is 42.5 Å². The van der Waals surface area contributed by atoms with E-state index in [9.17, 15) is 14.4 Å². The Balaban J connectivity index is 1.52. The number of rotatable bonds is 7. The second-order valence-electron chi connectivity index (χ2n) is 7.83. The zero-order valence-corrected chi connectivity index (χ0v) is 17.7. The zero-order chi connectivity index (χ0) is 21.7. The number of carbonyl (C=O) groups is 3. The van der Waals surface area contributed by atoms with Crippen LogP contribution >= 0.6 is 0 Å². The normalized spacial score (nSPS) is 14.5. The Bertz CT molecular complexity index is 954. The molecule has 158 valence electrons. The minimum absolute atomic E-state index is 0.137. The van der Waals surface area contributed by atoms with Crippen molar-refractivity contribution in [2.24, 2.45) is 0 Å². The van der Waals surface area contributed by atoms with E-state index in [1.165, 1.54) is 5.56 Å². The Kier molecular flexibility index (Phi) is 6.87. The fourth-order valence-electron chi connectivity index (χ4n) is 3.50. The first-order valence-electron chi connectivity index (χ1n) is 10.2. The summed E-state index contributed by atoms with van der Waals surface area (Å²) in [5.41, 5.74) is 4.60. The average Bonchev–Trinajstić information content (AvgIpc) is 3.12. The highest BCUT2D eigenvalue weighted by atomic mass is 16.5. The highest BCUT2D eigenvalue weighted by Crippen LogP contribution is 2.17. The summed E-state index contributed by atoms with van der Waals surface area (Å²) >= 11 is 0. The molecule has 0 spiro atoms. The van der Waals surface area contributed by atoms with E-state index in [-0.39, 0.29) is 24.5 Å². The standard InChI is InChI=1S/C24H28N2O4/c1-16-9-10-20(12-17(16)2)18(3)25-22(27)15-30-24(29)21-7-4-6-19(13-21)14-26-11-5-8-23(26)28/h4,6-7,9-10,12-13,18H,5,8,11,14-15H2,1-3H3,(H,25,27). The molecular formula is C24H28N2O4. The number of aryl methyl sites for hydroxylation is 2. The Labute approximate surface area is 177 Å². The van der Waals surface area contributed by atoms with Crippen LogP contribution in [0.4, 0.5) is 0 Å². The van der Waals surface area contributed by atoms with E-state index in [1.807, 2.05) is 45.0 Å². The van der Waals surface area contributed by atoms with Crippen LogP contribution in [0.3, 0.4) is 0 Å². The Morgan fingerprint density at radius 2 is 1.93 bits per heavy atom. The predicted octanol–water partition coefficient (Wildman–Crippen LogP) is 3.46. The van der Waals surface area contributed by atoms with Gasteiger partial charge < -0.3 is 15.0 Å². The molecule has 1 atom stereocenters. The SMILES string of the molecule is Cc1ccc(C(C)NC(=O)COC(=O)c2cccc(CN3CCCC3=O)c2)cc1C. The highest BCUT2D eigenvalue weighted by Gasteiger charge is 2.20. The molecule has 0 aromatic heterocycles. The molecule has 1 saturated heterocycles. The number of benzene rings is 2. The minimum atomic E-state index is -0.557. The van der Waals surface area contributed by atoms with Crippen LogP contribution in [0.2, 0.25) is 0 Å². The van der Waals surface area contributed by atoms with Crippen molar-refractivity contribution in [3.8, 4) is 0 Å². The second-order valence-corrected chi connectivity index (χ2v) is 7.83. The van der Waals surface area contributed by atoms with Crippen molar-refractivity contribution in [1.82, 2.24) is 10.2 Å². The molecule has 0 radical (unpaired) electrons. The van der Waals surface area contributed by atoms with Crippen molar-refractivity contribution in [2.45, 2.75) is 46.2 Å². The number of amides is 2. The van der Waals surface area contributed by atoms with Gasteiger partial charge in [0.15, 0.2) is 6.61 Å². The lowest BCUT2D eigenvalue weighted by Crippen LogP contribution is -2.31. The van der Waals surface area contributed by atoms with Crippen molar-refractivity contribution in [2.75, 3.05) is 13.2 Å². The third-order valence-corrected chi connectivity index (χ3v) is 5.45. The third-order valence-electron chi connectivity index (χ3n) is 5.45. The van der Waals surface area contributed by atoms with Crippen LogP contribution in [0.5, 0.6) is 0 Å². The van der Waals surface area contributed by atoms with Gasteiger partial charge in [-0.3, -0.25) is 9.59 Å². The van der Waals surface area contributed by atoms with Gasteiger partial charge >= 0.3 is 5.97 Å². The number of nitrogens with zero attached hydrogens (tertiary/aromatic N) is 1. The van der Waals surface area contributed by atoms with Crippen LogP contribution < -0.4 is 5.32 Å². The second kappa shape index (κ2) is 9.57. The van der Waals surface area contributed by atoms with Gasteiger partial charge in [-0.1, -0.05) is 30.3 Å². The lowest BCUT2D eigenvalue weighted by atomic mass is 10.0. The molecule has 6 nitrogen and oxygen atoms in total. The van der Waals surface area contributed by atoms with Gasteiger partial charge in [0.2, 0.25) is 5.91 Å². The summed E-state index contributed by atoms with van der Waals surface area (Å²) in [5, 5.41) is 2.85. The first-order valence-corrected chi connectivity index (χ1v) is 10.2. The van der Waals surface area contributed by atoms with Crippen LogP contribution in [0.1, 0.15) is 58.4 Å². The smallest absolute Gasteiger partial charge is 0.338 e. The lowest BCUT2D eigenvalue weighted by molar-refractivity contribution is -0.128. The van der Waals surface area contributed by atoms with Crippen LogP contribution in [0.25, 0.3) is 0 Å². The average molecular weight is 408 g/mol. The van der Waals surface area contributed by atoms with Gasteiger partial charge in [0.25, 0.3) is 5.91 Å². The van der Waals surface area contributed by atoms with E-state index in [4.69, 9.17) is 4.74 Å². The topological polar surface area (TPSA) is 75.7 Å². The number of esters is 1. The maximum atomic E-state index is 12.4. The summed E-state index contributed by atoms with van der Waals surface area (Å²) in [6.07, 6.45) is 1.45. The summed E-state index contributed by atoms with van der Waals surface area (Å²) in [4.78, 5) is 38.1. The zero-order valence-electron chi connectivity index (χ0n) is 17.7. The molecule has 1 aliphatic heterocycles. The van der Waals surface area contributed by atoms with Gasteiger partial charge in [-0.05, 0) is 61.6 Å². The maximum absolute atomic E-state index is 12.4. The molecule has 1 fully saturated rings. The van der Waals surface area contributed by atoms with E-state index in [0.29, 0.717) is 18.5 Å². The van der Waals surface area contributed by atoms with Crippen molar-refractivity contribution < 1.29 is 19.1 Å². The largest absolute Gasteiger partial charge is 0.452 e. The molecule has 1 heterocycles. The summed E-state index contributed by atoms with van der Waals surface area (Å²) in [5.74, 6) is -0.774. The summed E-state index contributed by atoms with van der Waals surface area (Å²) in [7, 11) is 0. The molecule has 1 unspecified atom stereocenters. The molecule has 2 amide bonds. The molecule has 0 aliphatic carbocycles. The molecule has 2 aromatic carbocycles. The number of hydrogen-bond donors (Lipinski definition) is 1. The number of carbonyl (C=O) groups excluding carboxylic acids is 3. The van der Waals surface area contributed by atoms with E-state index >= 15 is 0 Å². The summed E-state index contributed by atoms with van der Waals surface area (Å²) < 4.78 is 5.18. The molecular weight excluding hydrogens is 380 g/mol. The molecule has 2 aromatic rings. The van der Waals surface area contributed by atoms with Crippen LogP contribution in [-0.2, 0) is 20.9 Å². The van der Waals surface area contributed by atoms with Crippen LogP contribution in [-0.4, -0.2) is 35.8 Å². The highest BCUT2D eigenvalue weighted by molar-refractivity contribution is 5.91. The van der Waals surface area contributed by atoms with Gasteiger partial charge in [-0.2, -0.15) is 0 Å². The number of hydrogen-bond acceptors (Lipinski definition) is 4. The van der Waals surface area contributed by atoms with E-state index in [2.05, 4.69) is 5.32 Å². The number of ether oxygens (including phenoxy) is 1. The summed E-state index contributed by atoms with van der Waals surface area (Å²) in [6, 6.07) is 12.9.